The molecular weight excluding hydrogens is 494 g/mol. The summed E-state index contributed by atoms with van der Waals surface area (Å²) in [5, 5.41) is 7.57. The van der Waals surface area contributed by atoms with Crippen molar-refractivity contribution in [3.05, 3.63) is 100 Å². The molecule has 39 heavy (non-hydrogen) atoms. The second-order valence-corrected chi connectivity index (χ2v) is 9.52. The lowest BCUT2D eigenvalue weighted by Crippen LogP contribution is -2.47. The lowest BCUT2D eigenvalue weighted by Gasteiger charge is -2.32. The van der Waals surface area contributed by atoms with E-state index in [0.717, 1.165) is 18.7 Å². The molecule has 1 fully saturated rings. The van der Waals surface area contributed by atoms with E-state index in [1.165, 1.54) is 10.9 Å². The number of hydrogen-bond donors (Lipinski definition) is 1. The summed E-state index contributed by atoms with van der Waals surface area (Å²) in [6.07, 6.45) is 1.52. The topological polar surface area (TPSA) is 88.9 Å². The minimum Gasteiger partial charge on any atom is -0.497 e. The van der Waals surface area contributed by atoms with Crippen LogP contribution in [0.3, 0.4) is 0 Å². The lowest BCUT2D eigenvalue weighted by molar-refractivity contribution is 0.0664. The van der Waals surface area contributed by atoms with Crippen molar-refractivity contribution in [3.8, 4) is 22.9 Å². The molecule has 9 nitrogen and oxygen atoms in total. The third-order valence-corrected chi connectivity index (χ3v) is 6.67. The highest BCUT2D eigenvalue weighted by molar-refractivity contribution is 5.94. The molecule has 5 rings (SSSR count). The van der Waals surface area contributed by atoms with E-state index in [-0.39, 0.29) is 22.9 Å². The van der Waals surface area contributed by atoms with Crippen LogP contribution in [-0.4, -0.2) is 65.8 Å². The van der Waals surface area contributed by atoms with Crippen molar-refractivity contribution in [1.29, 1.82) is 0 Å². The Hall–Kier alpha value is -4.63. The molecule has 1 aliphatic heterocycles. The normalized spacial score (nSPS) is 13.7. The Morgan fingerprint density at radius 2 is 1.64 bits per heavy atom. The molecule has 0 bridgehead atoms. The van der Waals surface area contributed by atoms with E-state index >= 15 is 0 Å². The first-order chi connectivity index (χ1) is 18.9. The Kier molecular flexibility index (Phi) is 7.60. The van der Waals surface area contributed by atoms with Gasteiger partial charge in [0.25, 0.3) is 11.5 Å². The zero-order valence-electron chi connectivity index (χ0n) is 22.3. The molecule has 0 aliphatic carbocycles. The number of anilines is 2. The molecular formula is C30H31N5O4. The van der Waals surface area contributed by atoms with Gasteiger partial charge < -0.3 is 24.6 Å². The van der Waals surface area contributed by atoms with Crippen LogP contribution in [0.2, 0.25) is 0 Å². The summed E-state index contributed by atoms with van der Waals surface area (Å²) in [4.78, 5) is 30.7. The van der Waals surface area contributed by atoms with Crippen LogP contribution in [0.4, 0.5) is 11.4 Å². The molecule has 1 N–H and O–H groups in total. The Bertz CT molecular complexity index is 1510. The largest absolute Gasteiger partial charge is 0.497 e. The molecule has 0 atom stereocenters. The molecule has 3 aromatic carbocycles. The monoisotopic (exact) mass is 525 g/mol. The van der Waals surface area contributed by atoms with E-state index in [9.17, 15) is 9.59 Å². The molecule has 0 spiro atoms. The number of piperazine rings is 1. The Labute approximate surface area is 227 Å². The average Bonchev–Trinajstić information content (AvgIpc) is 2.95. The van der Waals surface area contributed by atoms with E-state index in [4.69, 9.17) is 9.47 Å². The van der Waals surface area contributed by atoms with Gasteiger partial charge in [0.1, 0.15) is 11.5 Å². The number of aromatic nitrogens is 2. The Morgan fingerprint density at radius 3 is 2.31 bits per heavy atom. The predicted octanol–water partition coefficient (Wildman–Crippen LogP) is 4.47. The van der Waals surface area contributed by atoms with Gasteiger partial charge in [0.05, 0.1) is 19.0 Å². The molecule has 2 heterocycles. The zero-order chi connectivity index (χ0) is 27.4. The van der Waals surface area contributed by atoms with E-state index in [1.807, 2.05) is 36.1 Å². The van der Waals surface area contributed by atoms with Crippen molar-refractivity contribution in [3.63, 3.8) is 0 Å². The fourth-order valence-corrected chi connectivity index (χ4v) is 4.38. The summed E-state index contributed by atoms with van der Waals surface area (Å²) in [6, 6.07) is 21.7. The highest BCUT2D eigenvalue weighted by Crippen LogP contribution is 2.29. The number of carbonyl (C=O) groups excluding carboxylic acids is 1. The van der Waals surface area contributed by atoms with Crippen LogP contribution in [-0.2, 0) is 0 Å². The van der Waals surface area contributed by atoms with Gasteiger partial charge in [-0.3, -0.25) is 9.59 Å². The van der Waals surface area contributed by atoms with Crippen LogP contribution in [0.15, 0.2) is 83.8 Å². The molecule has 200 valence electrons. The van der Waals surface area contributed by atoms with Gasteiger partial charge in [-0.15, -0.1) is 0 Å². The molecule has 1 saturated heterocycles. The van der Waals surface area contributed by atoms with Gasteiger partial charge in [-0.25, -0.2) is 0 Å². The third kappa shape index (κ3) is 5.94. The van der Waals surface area contributed by atoms with Crippen molar-refractivity contribution in [2.24, 2.45) is 0 Å². The highest BCUT2D eigenvalue weighted by Gasteiger charge is 2.21. The number of amides is 1. The van der Waals surface area contributed by atoms with Gasteiger partial charge in [-0.1, -0.05) is 12.1 Å². The third-order valence-electron chi connectivity index (χ3n) is 6.67. The van der Waals surface area contributed by atoms with Gasteiger partial charge in [-0.05, 0) is 80.2 Å². The number of likely N-dealkylation sites (N-methyl/N-ethyl adjacent to an activating group) is 1. The maximum atomic E-state index is 13.7. The van der Waals surface area contributed by atoms with E-state index in [0.29, 0.717) is 41.5 Å². The maximum Gasteiger partial charge on any atom is 0.299 e. The van der Waals surface area contributed by atoms with Gasteiger partial charge in [0.15, 0.2) is 11.4 Å². The smallest absolute Gasteiger partial charge is 0.299 e. The lowest BCUT2D eigenvalue weighted by atomic mass is 10.1. The molecule has 0 unspecified atom stereocenters. The van der Waals surface area contributed by atoms with Crippen LogP contribution >= 0.6 is 0 Å². The molecule has 1 amide bonds. The molecule has 0 radical (unpaired) electrons. The van der Waals surface area contributed by atoms with Gasteiger partial charge in [0.2, 0.25) is 0 Å². The summed E-state index contributed by atoms with van der Waals surface area (Å²) in [6.45, 7) is 5.10. The first-order valence-electron chi connectivity index (χ1n) is 12.8. The van der Waals surface area contributed by atoms with Crippen molar-refractivity contribution < 1.29 is 14.3 Å². The first kappa shape index (κ1) is 26.0. The molecule has 1 aliphatic rings. The summed E-state index contributed by atoms with van der Waals surface area (Å²) in [5.41, 5.74) is 2.69. The number of hydrogen-bond acceptors (Lipinski definition) is 7. The number of methoxy groups -OCH3 is 1. The molecule has 9 heteroatoms. The summed E-state index contributed by atoms with van der Waals surface area (Å²) >= 11 is 0. The average molecular weight is 526 g/mol. The number of carbonyl (C=O) groups is 1. The second kappa shape index (κ2) is 11.4. The van der Waals surface area contributed by atoms with Crippen molar-refractivity contribution in [1.82, 2.24) is 19.6 Å². The molecule has 1 aromatic heterocycles. The SMILES string of the molecule is COc1ccc(-n2ncc(Oc3cccc(C)c3)c(Nc3ccc(C(=O)N4CCN(C)CC4)cc3)c2=O)cc1. The standard InChI is InChI=1S/C30H31N5O4/c1-21-5-4-6-26(19-21)39-27-20-31-35(24-11-13-25(38-3)14-12-24)30(37)28(27)32-23-9-7-22(8-10-23)29(36)34-17-15-33(2)16-18-34/h4-14,19-20,32H,15-18H2,1-3H3. The number of ether oxygens (including phenoxy) is 2. The van der Waals surface area contributed by atoms with Gasteiger partial charge in [0, 0.05) is 37.4 Å². The first-order valence-corrected chi connectivity index (χ1v) is 12.8. The summed E-state index contributed by atoms with van der Waals surface area (Å²) in [5.74, 6) is 1.56. The van der Waals surface area contributed by atoms with Crippen LogP contribution in [0.1, 0.15) is 15.9 Å². The van der Waals surface area contributed by atoms with Gasteiger partial charge in [-0.2, -0.15) is 9.78 Å². The van der Waals surface area contributed by atoms with Crippen molar-refractivity contribution in [2.75, 3.05) is 45.7 Å². The fraction of sp³-hybridized carbons (Fsp3) is 0.233. The minimum absolute atomic E-state index is 0.00360. The highest BCUT2D eigenvalue weighted by atomic mass is 16.5. The number of nitrogens with one attached hydrogen (secondary N) is 1. The maximum absolute atomic E-state index is 13.7. The molecule has 0 saturated carbocycles. The van der Waals surface area contributed by atoms with E-state index in [1.54, 1.807) is 55.6 Å². The van der Waals surface area contributed by atoms with E-state index < -0.39 is 0 Å². The Balaban J connectivity index is 1.45. The van der Waals surface area contributed by atoms with Gasteiger partial charge >= 0.3 is 0 Å². The minimum atomic E-state index is -0.386. The van der Waals surface area contributed by atoms with Crippen LogP contribution < -0.4 is 20.3 Å². The van der Waals surface area contributed by atoms with Crippen molar-refractivity contribution >= 4 is 17.3 Å². The summed E-state index contributed by atoms with van der Waals surface area (Å²) < 4.78 is 12.6. The fourth-order valence-electron chi connectivity index (χ4n) is 4.38. The van der Waals surface area contributed by atoms with Crippen LogP contribution in [0.5, 0.6) is 17.2 Å². The number of benzene rings is 3. The Morgan fingerprint density at radius 1 is 0.923 bits per heavy atom. The van der Waals surface area contributed by atoms with E-state index in [2.05, 4.69) is 22.4 Å². The number of rotatable bonds is 7. The number of aryl methyl sites for hydroxylation is 1. The predicted molar refractivity (Wildman–Crippen MR) is 151 cm³/mol. The zero-order valence-corrected chi connectivity index (χ0v) is 22.3. The second-order valence-electron chi connectivity index (χ2n) is 9.52. The van der Waals surface area contributed by atoms with Crippen LogP contribution in [0, 0.1) is 6.92 Å². The van der Waals surface area contributed by atoms with Crippen molar-refractivity contribution in [2.45, 2.75) is 6.92 Å². The quantitative estimate of drug-likeness (QED) is 0.381. The number of nitrogens with zero attached hydrogens (tertiary/aromatic N) is 4. The van der Waals surface area contributed by atoms with Crippen LogP contribution in [0.25, 0.3) is 5.69 Å². The molecule has 4 aromatic rings. The summed E-state index contributed by atoms with van der Waals surface area (Å²) in [7, 11) is 3.64.